The first-order valence-corrected chi connectivity index (χ1v) is 8.89. The van der Waals surface area contributed by atoms with Crippen molar-refractivity contribution in [2.75, 3.05) is 0 Å². The molecule has 5 heteroatoms. The van der Waals surface area contributed by atoms with E-state index in [9.17, 15) is 14.7 Å². The van der Waals surface area contributed by atoms with Gasteiger partial charge in [0.1, 0.15) is 5.75 Å². The highest BCUT2D eigenvalue weighted by atomic mass is 16.5. The highest BCUT2D eigenvalue weighted by Crippen LogP contribution is 2.27. The molecule has 3 aromatic carbocycles. The number of aliphatic carboxylic acids is 1. The van der Waals surface area contributed by atoms with Crippen molar-refractivity contribution in [1.82, 2.24) is 0 Å². The number of carbonyl (C=O) groups excluding carboxylic acids is 1. The van der Waals surface area contributed by atoms with Gasteiger partial charge in [0.05, 0.1) is 16.3 Å². The molecule has 0 saturated carbocycles. The molecule has 0 fully saturated rings. The van der Waals surface area contributed by atoms with Crippen molar-refractivity contribution in [2.45, 2.75) is 13.5 Å². The minimum absolute atomic E-state index is 0.200. The maximum absolute atomic E-state index is 13.2. The fraction of sp³-hybridized carbons (Fsp3) is 0.0870. The molecule has 1 aromatic heterocycles. The lowest BCUT2D eigenvalue weighted by atomic mass is 10.0. The lowest BCUT2D eigenvalue weighted by Gasteiger charge is -2.12. The average Bonchev–Trinajstić information content (AvgIpc) is 2.69. The van der Waals surface area contributed by atoms with Gasteiger partial charge >= 0.3 is 11.9 Å². The van der Waals surface area contributed by atoms with Crippen molar-refractivity contribution in [2.24, 2.45) is 0 Å². The second kappa shape index (κ2) is 7.12. The third-order valence-electron chi connectivity index (χ3n) is 4.72. The van der Waals surface area contributed by atoms with Gasteiger partial charge in [0.25, 0.3) is 0 Å². The Labute approximate surface area is 161 Å². The van der Waals surface area contributed by atoms with Gasteiger partial charge in [-0.1, -0.05) is 42.5 Å². The number of fused-ring (bicyclic) bond motifs is 2. The van der Waals surface area contributed by atoms with Crippen LogP contribution in [0.15, 0.2) is 72.8 Å². The molecule has 4 aromatic rings. The molecule has 0 radical (unpaired) electrons. The summed E-state index contributed by atoms with van der Waals surface area (Å²) in [5.74, 6) is -0.914. The van der Waals surface area contributed by atoms with Crippen LogP contribution in [-0.2, 0) is 11.3 Å². The minimum atomic E-state index is -0.949. The van der Waals surface area contributed by atoms with Gasteiger partial charge in [0.2, 0.25) is 17.6 Å². The number of pyridine rings is 1. The number of carboxylic acid groups (broad SMARTS) is 1. The summed E-state index contributed by atoms with van der Waals surface area (Å²) in [6.07, 6.45) is 0. The summed E-state index contributed by atoms with van der Waals surface area (Å²) < 4.78 is 7.41. The van der Waals surface area contributed by atoms with Crippen molar-refractivity contribution in [1.29, 1.82) is 0 Å². The number of rotatable bonds is 4. The number of carboxylic acids is 1. The Morgan fingerprint density at radius 2 is 1.39 bits per heavy atom. The summed E-state index contributed by atoms with van der Waals surface area (Å²) >= 11 is 0. The number of ether oxygens (including phenoxy) is 1. The van der Waals surface area contributed by atoms with E-state index < -0.39 is 11.9 Å². The van der Waals surface area contributed by atoms with E-state index in [-0.39, 0.29) is 6.54 Å². The van der Waals surface area contributed by atoms with E-state index in [2.05, 4.69) is 0 Å². The molecule has 138 valence electrons. The number of esters is 1. The number of aryl methyl sites for hydroxylation is 1. The van der Waals surface area contributed by atoms with E-state index in [0.717, 1.165) is 5.56 Å². The summed E-state index contributed by atoms with van der Waals surface area (Å²) in [4.78, 5) is 24.6. The molecule has 0 unspecified atom stereocenters. The van der Waals surface area contributed by atoms with Crippen LogP contribution in [0.5, 0.6) is 5.75 Å². The molecular formula is C23H18NO4+. The standard InChI is InChI=1S/C23H17NO4/c1-15-8-2-7-13-20(15)28-23(27)22-16-9-3-5-11-18(16)24(14-21(25)26)19-12-6-4-10-17(19)22/h2-13H,14H2,1H3/p+1. The van der Waals surface area contributed by atoms with E-state index >= 15 is 0 Å². The Morgan fingerprint density at radius 1 is 0.857 bits per heavy atom. The van der Waals surface area contributed by atoms with Gasteiger partial charge in [-0.05, 0) is 30.7 Å². The van der Waals surface area contributed by atoms with Crippen molar-refractivity contribution in [3.8, 4) is 5.75 Å². The van der Waals surface area contributed by atoms with Crippen molar-refractivity contribution < 1.29 is 24.0 Å². The zero-order valence-corrected chi connectivity index (χ0v) is 15.3. The number of hydrogen-bond acceptors (Lipinski definition) is 3. The second-order valence-electron chi connectivity index (χ2n) is 6.54. The van der Waals surface area contributed by atoms with Crippen LogP contribution in [0.1, 0.15) is 15.9 Å². The molecule has 0 aliphatic heterocycles. The van der Waals surface area contributed by atoms with Gasteiger partial charge in [-0.3, -0.25) is 0 Å². The van der Waals surface area contributed by atoms with Crippen LogP contribution >= 0.6 is 0 Å². The Hall–Kier alpha value is -3.73. The second-order valence-corrected chi connectivity index (χ2v) is 6.54. The third-order valence-corrected chi connectivity index (χ3v) is 4.72. The van der Waals surface area contributed by atoms with Gasteiger partial charge in [-0.2, -0.15) is 4.57 Å². The summed E-state index contributed by atoms with van der Waals surface area (Å²) in [7, 11) is 0. The largest absolute Gasteiger partial charge is 0.477 e. The SMILES string of the molecule is Cc1ccccc1OC(=O)c1c2ccccc2[n+](CC(=O)O)c2ccccc12. The number of aromatic nitrogens is 1. The van der Waals surface area contributed by atoms with E-state index in [1.54, 1.807) is 10.6 Å². The number of para-hydroxylation sites is 3. The predicted molar refractivity (Wildman–Crippen MR) is 105 cm³/mol. The van der Waals surface area contributed by atoms with Crippen LogP contribution in [-0.4, -0.2) is 17.0 Å². The molecule has 4 rings (SSSR count). The molecule has 1 heterocycles. The predicted octanol–water partition coefficient (Wildman–Crippen LogP) is 3.89. The van der Waals surface area contributed by atoms with Gasteiger partial charge in [0, 0.05) is 12.1 Å². The van der Waals surface area contributed by atoms with Crippen molar-refractivity contribution >= 4 is 33.7 Å². The molecule has 5 nitrogen and oxygen atoms in total. The topological polar surface area (TPSA) is 67.5 Å². The first-order valence-electron chi connectivity index (χ1n) is 8.89. The number of nitrogens with zero attached hydrogens (tertiary/aromatic N) is 1. The molecule has 28 heavy (non-hydrogen) atoms. The summed E-state index contributed by atoms with van der Waals surface area (Å²) in [5, 5.41) is 10.7. The quantitative estimate of drug-likeness (QED) is 0.255. The number of benzene rings is 3. The highest BCUT2D eigenvalue weighted by molar-refractivity contribution is 6.13. The maximum Gasteiger partial charge on any atom is 0.370 e. The zero-order chi connectivity index (χ0) is 19.7. The summed E-state index contributed by atoms with van der Waals surface area (Å²) in [6.45, 7) is 1.68. The average molecular weight is 372 g/mol. The lowest BCUT2D eigenvalue weighted by molar-refractivity contribution is -0.633. The normalized spacial score (nSPS) is 10.9. The molecular weight excluding hydrogens is 354 g/mol. The molecule has 0 saturated heterocycles. The van der Waals surface area contributed by atoms with Crippen LogP contribution in [0, 0.1) is 6.92 Å². The Balaban J connectivity index is 1.98. The number of carbonyl (C=O) groups is 2. The summed E-state index contributed by atoms with van der Waals surface area (Å²) in [5.41, 5.74) is 2.62. The van der Waals surface area contributed by atoms with Crippen LogP contribution < -0.4 is 9.30 Å². The Bertz CT molecular complexity index is 1170. The van der Waals surface area contributed by atoms with Crippen LogP contribution in [0.3, 0.4) is 0 Å². The first kappa shape index (κ1) is 17.7. The highest BCUT2D eigenvalue weighted by Gasteiger charge is 2.26. The summed E-state index contributed by atoms with van der Waals surface area (Å²) in [6, 6.07) is 21.9. The van der Waals surface area contributed by atoms with Crippen LogP contribution in [0.4, 0.5) is 0 Å². The van der Waals surface area contributed by atoms with E-state index in [1.165, 1.54) is 0 Å². The molecule has 0 bridgehead atoms. The molecule has 0 spiro atoms. The molecule has 0 atom stereocenters. The van der Waals surface area contributed by atoms with Crippen molar-refractivity contribution in [3.05, 3.63) is 83.9 Å². The monoisotopic (exact) mass is 372 g/mol. The fourth-order valence-electron chi connectivity index (χ4n) is 3.46. The smallest absolute Gasteiger partial charge is 0.370 e. The van der Waals surface area contributed by atoms with E-state index in [0.29, 0.717) is 33.1 Å². The number of hydrogen-bond donors (Lipinski definition) is 1. The Kier molecular flexibility index (Phi) is 4.49. The molecule has 0 aliphatic rings. The van der Waals surface area contributed by atoms with Gasteiger partial charge in [-0.25, -0.2) is 9.59 Å². The molecule has 0 aliphatic carbocycles. The minimum Gasteiger partial charge on any atom is -0.477 e. The van der Waals surface area contributed by atoms with Gasteiger partial charge in [0.15, 0.2) is 0 Å². The first-order chi connectivity index (χ1) is 13.6. The van der Waals surface area contributed by atoms with Crippen LogP contribution in [0.25, 0.3) is 21.8 Å². The third kappa shape index (κ3) is 3.07. The fourth-order valence-corrected chi connectivity index (χ4v) is 3.46. The van der Waals surface area contributed by atoms with Crippen molar-refractivity contribution in [3.63, 3.8) is 0 Å². The lowest BCUT2D eigenvalue weighted by Crippen LogP contribution is -2.40. The van der Waals surface area contributed by atoms with Gasteiger partial charge in [-0.15, -0.1) is 0 Å². The molecule has 1 N–H and O–H groups in total. The maximum atomic E-state index is 13.2. The Morgan fingerprint density at radius 3 is 1.96 bits per heavy atom. The van der Waals surface area contributed by atoms with E-state index in [1.807, 2.05) is 73.7 Å². The van der Waals surface area contributed by atoms with E-state index in [4.69, 9.17) is 4.74 Å². The van der Waals surface area contributed by atoms with Gasteiger partial charge < -0.3 is 9.84 Å². The molecule has 0 amide bonds. The zero-order valence-electron chi connectivity index (χ0n) is 15.3. The van der Waals surface area contributed by atoms with Crippen LogP contribution in [0.2, 0.25) is 0 Å².